The van der Waals surface area contributed by atoms with Crippen molar-refractivity contribution in [2.45, 2.75) is 25.4 Å². The Balaban J connectivity index is 1.57. The van der Waals surface area contributed by atoms with Crippen molar-refractivity contribution >= 4 is 16.9 Å². The number of hydrogen-bond acceptors (Lipinski definition) is 2. The number of nitrogens with one attached hydrogen (secondary N) is 1. The Morgan fingerprint density at radius 1 is 1.17 bits per heavy atom. The second-order valence-corrected chi connectivity index (χ2v) is 5.93. The molecule has 1 saturated carbocycles. The van der Waals surface area contributed by atoms with E-state index in [0.29, 0.717) is 6.04 Å². The van der Waals surface area contributed by atoms with Crippen LogP contribution in [0.25, 0.3) is 11.0 Å². The van der Waals surface area contributed by atoms with Crippen LogP contribution >= 0.6 is 0 Å². The van der Waals surface area contributed by atoms with Gasteiger partial charge in [0.15, 0.2) is 11.6 Å². The summed E-state index contributed by atoms with van der Waals surface area (Å²) in [6, 6.07) is 11.4. The molecule has 1 aliphatic carbocycles. The van der Waals surface area contributed by atoms with Crippen molar-refractivity contribution in [2.75, 3.05) is 0 Å². The third-order valence-electron chi connectivity index (χ3n) is 4.17. The number of amides is 1. The van der Waals surface area contributed by atoms with Crippen molar-refractivity contribution in [1.29, 1.82) is 0 Å². The average molecular weight is 327 g/mol. The molecule has 0 bridgehead atoms. The number of imidazole rings is 1. The van der Waals surface area contributed by atoms with Crippen LogP contribution in [0.3, 0.4) is 0 Å². The summed E-state index contributed by atoms with van der Waals surface area (Å²) in [4.78, 5) is 16.7. The van der Waals surface area contributed by atoms with E-state index in [1.165, 1.54) is 6.07 Å². The zero-order valence-electron chi connectivity index (χ0n) is 12.8. The number of aromatic nitrogens is 2. The Hall–Kier alpha value is -2.76. The molecule has 122 valence electrons. The molecule has 0 saturated heterocycles. The second-order valence-electron chi connectivity index (χ2n) is 5.93. The van der Waals surface area contributed by atoms with Crippen molar-refractivity contribution < 1.29 is 13.6 Å². The van der Waals surface area contributed by atoms with Crippen LogP contribution in [0, 0.1) is 11.6 Å². The molecular formula is C18H15F2N3O. The Labute approximate surface area is 137 Å². The summed E-state index contributed by atoms with van der Waals surface area (Å²) in [5, 5.41) is 2.73. The first kappa shape index (κ1) is 14.8. The standard InChI is InChI=1S/C18H15F2N3O/c19-13-8-5-11(9-14(13)20)18(24)21-10-17-22-15-3-1-2-4-16(15)23(17)12-6-7-12/h1-5,8-9,12H,6-7,10H2,(H,21,24). The summed E-state index contributed by atoms with van der Waals surface area (Å²) in [5.41, 5.74) is 2.03. The van der Waals surface area contributed by atoms with Gasteiger partial charge in [-0.05, 0) is 43.2 Å². The first-order chi connectivity index (χ1) is 11.6. The Bertz CT molecular complexity index is 931. The zero-order chi connectivity index (χ0) is 16.7. The van der Waals surface area contributed by atoms with Gasteiger partial charge in [-0.3, -0.25) is 4.79 Å². The van der Waals surface area contributed by atoms with E-state index in [4.69, 9.17) is 0 Å². The third-order valence-corrected chi connectivity index (χ3v) is 4.17. The first-order valence-electron chi connectivity index (χ1n) is 7.82. The summed E-state index contributed by atoms with van der Waals surface area (Å²) < 4.78 is 28.4. The van der Waals surface area contributed by atoms with Crippen molar-refractivity contribution in [3.63, 3.8) is 0 Å². The van der Waals surface area contributed by atoms with Gasteiger partial charge in [-0.1, -0.05) is 12.1 Å². The SMILES string of the molecule is O=C(NCc1nc2ccccc2n1C1CC1)c1ccc(F)c(F)c1. The predicted octanol–water partition coefficient (Wildman–Crippen LogP) is 3.58. The van der Waals surface area contributed by atoms with Crippen LogP contribution in [0.1, 0.15) is 35.1 Å². The number of carbonyl (C=O) groups excluding carboxylic acids is 1. The van der Waals surface area contributed by atoms with E-state index in [1.807, 2.05) is 24.3 Å². The molecule has 1 N–H and O–H groups in total. The van der Waals surface area contributed by atoms with Crippen LogP contribution in [0.4, 0.5) is 8.78 Å². The minimum atomic E-state index is -1.03. The van der Waals surface area contributed by atoms with Crippen LogP contribution in [0.15, 0.2) is 42.5 Å². The predicted molar refractivity (Wildman–Crippen MR) is 85.5 cm³/mol. The van der Waals surface area contributed by atoms with Gasteiger partial charge in [-0.15, -0.1) is 0 Å². The molecule has 4 nitrogen and oxygen atoms in total. The van der Waals surface area contributed by atoms with Crippen LogP contribution < -0.4 is 5.32 Å². The molecular weight excluding hydrogens is 312 g/mol. The molecule has 0 spiro atoms. The lowest BCUT2D eigenvalue weighted by Crippen LogP contribution is -2.24. The Kier molecular flexibility index (Phi) is 3.52. The maximum absolute atomic E-state index is 13.2. The van der Waals surface area contributed by atoms with Crippen LogP contribution in [-0.2, 0) is 6.54 Å². The number of halogens is 2. The minimum absolute atomic E-state index is 0.0861. The van der Waals surface area contributed by atoms with Gasteiger partial charge >= 0.3 is 0 Å². The van der Waals surface area contributed by atoms with E-state index in [9.17, 15) is 13.6 Å². The lowest BCUT2D eigenvalue weighted by atomic mass is 10.2. The highest BCUT2D eigenvalue weighted by Crippen LogP contribution is 2.38. The highest BCUT2D eigenvalue weighted by molar-refractivity contribution is 5.94. The molecule has 1 aliphatic rings. The number of benzene rings is 2. The van der Waals surface area contributed by atoms with E-state index >= 15 is 0 Å². The smallest absolute Gasteiger partial charge is 0.251 e. The van der Waals surface area contributed by atoms with Crippen LogP contribution in [0.5, 0.6) is 0 Å². The van der Waals surface area contributed by atoms with Crippen molar-refractivity contribution in [3.05, 3.63) is 65.5 Å². The molecule has 0 unspecified atom stereocenters. The van der Waals surface area contributed by atoms with E-state index in [1.54, 1.807) is 0 Å². The zero-order valence-corrected chi connectivity index (χ0v) is 12.8. The normalized spacial score (nSPS) is 14.1. The summed E-state index contributed by atoms with van der Waals surface area (Å²) in [5.74, 6) is -1.69. The molecule has 3 aromatic rings. The van der Waals surface area contributed by atoms with Crippen molar-refractivity contribution in [1.82, 2.24) is 14.9 Å². The first-order valence-corrected chi connectivity index (χ1v) is 7.82. The van der Waals surface area contributed by atoms with E-state index in [-0.39, 0.29) is 12.1 Å². The average Bonchev–Trinajstić information content (AvgIpc) is 3.35. The lowest BCUT2D eigenvalue weighted by molar-refractivity contribution is 0.0949. The summed E-state index contributed by atoms with van der Waals surface area (Å²) in [7, 11) is 0. The number of fused-ring (bicyclic) bond motifs is 1. The van der Waals surface area contributed by atoms with E-state index in [0.717, 1.165) is 41.8 Å². The molecule has 0 atom stereocenters. The lowest BCUT2D eigenvalue weighted by Gasteiger charge is -2.09. The minimum Gasteiger partial charge on any atom is -0.345 e. The summed E-state index contributed by atoms with van der Waals surface area (Å²) in [6.07, 6.45) is 2.20. The third kappa shape index (κ3) is 2.64. The van der Waals surface area contributed by atoms with Crippen molar-refractivity contribution in [3.8, 4) is 0 Å². The molecule has 1 amide bonds. The fourth-order valence-corrected chi connectivity index (χ4v) is 2.86. The fraction of sp³-hybridized carbons (Fsp3) is 0.222. The van der Waals surface area contributed by atoms with Crippen molar-refractivity contribution in [2.24, 2.45) is 0 Å². The van der Waals surface area contributed by atoms with Gasteiger partial charge in [0.25, 0.3) is 5.91 Å². The fourth-order valence-electron chi connectivity index (χ4n) is 2.86. The molecule has 1 aromatic heterocycles. The molecule has 0 radical (unpaired) electrons. The Morgan fingerprint density at radius 3 is 2.71 bits per heavy atom. The van der Waals surface area contributed by atoms with E-state index < -0.39 is 17.5 Å². The van der Waals surface area contributed by atoms with Gasteiger partial charge in [-0.2, -0.15) is 0 Å². The molecule has 24 heavy (non-hydrogen) atoms. The highest BCUT2D eigenvalue weighted by Gasteiger charge is 2.28. The quantitative estimate of drug-likeness (QED) is 0.796. The maximum Gasteiger partial charge on any atom is 0.251 e. The number of carbonyl (C=O) groups is 1. The highest BCUT2D eigenvalue weighted by atomic mass is 19.2. The van der Waals surface area contributed by atoms with Gasteiger partial charge in [0.05, 0.1) is 17.6 Å². The number of nitrogens with zero attached hydrogens (tertiary/aromatic N) is 2. The Morgan fingerprint density at radius 2 is 1.96 bits per heavy atom. The van der Waals surface area contributed by atoms with Gasteiger partial charge < -0.3 is 9.88 Å². The van der Waals surface area contributed by atoms with Gasteiger partial charge in [-0.25, -0.2) is 13.8 Å². The maximum atomic E-state index is 13.2. The van der Waals surface area contributed by atoms with E-state index in [2.05, 4.69) is 14.9 Å². The molecule has 1 fully saturated rings. The second kappa shape index (κ2) is 5.70. The summed E-state index contributed by atoms with van der Waals surface area (Å²) >= 11 is 0. The molecule has 2 aromatic carbocycles. The molecule has 6 heteroatoms. The van der Waals surface area contributed by atoms with Crippen LogP contribution in [0.2, 0.25) is 0 Å². The topological polar surface area (TPSA) is 46.9 Å². The van der Waals surface area contributed by atoms with Crippen LogP contribution in [-0.4, -0.2) is 15.5 Å². The van der Waals surface area contributed by atoms with Gasteiger partial charge in [0.1, 0.15) is 5.82 Å². The number of para-hydroxylation sites is 2. The monoisotopic (exact) mass is 327 g/mol. The molecule has 0 aliphatic heterocycles. The summed E-state index contributed by atoms with van der Waals surface area (Å²) in [6.45, 7) is 0.239. The largest absolute Gasteiger partial charge is 0.345 e. The molecule has 4 rings (SSSR count). The molecule has 1 heterocycles. The van der Waals surface area contributed by atoms with Gasteiger partial charge in [0, 0.05) is 11.6 Å². The number of hydrogen-bond donors (Lipinski definition) is 1. The van der Waals surface area contributed by atoms with Gasteiger partial charge in [0.2, 0.25) is 0 Å². The number of rotatable bonds is 4.